The van der Waals surface area contributed by atoms with E-state index in [0.717, 1.165) is 13.1 Å². The summed E-state index contributed by atoms with van der Waals surface area (Å²) in [6, 6.07) is 5.58. The Morgan fingerprint density at radius 3 is 3.07 bits per heavy atom. The molecule has 1 heterocycles. The van der Waals surface area contributed by atoms with E-state index in [0.29, 0.717) is 18.2 Å². The summed E-state index contributed by atoms with van der Waals surface area (Å²) in [5, 5.41) is 9.41. The lowest BCUT2D eigenvalue weighted by molar-refractivity contribution is 0.282. The van der Waals surface area contributed by atoms with E-state index in [1.54, 1.807) is 6.07 Å². The van der Waals surface area contributed by atoms with Crippen molar-refractivity contribution in [3.63, 3.8) is 0 Å². The van der Waals surface area contributed by atoms with Crippen LogP contribution in [0.15, 0.2) is 18.2 Å². The molecule has 0 aliphatic carbocycles. The van der Waals surface area contributed by atoms with Gasteiger partial charge in [-0.05, 0) is 30.3 Å². The summed E-state index contributed by atoms with van der Waals surface area (Å²) in [4.78, 5) is 2.26. The number of phenols is 1. The van der Waals surface area contributed by atoms with E-state index in [1.807, 2.05) is 12.1 Å². The van der Waals surface area contributed by atoms with Crippen molar-refractivity contribution in [1.29, 1.82) is 0 Å². The van der Waals surface area contributed by atoms with Gasteiger partial charge >= 0.3 is 0 Å². The summed E-state index contributed by atoms with van der Waals surface area (Å²) >= 11 is 0. The smallest absolute Gasteiger partial charge is 0.115 e. The number of rotatable bonds is 1. The first-order valence-electron chi connectivity index (χ1n) is 4.91. The van der Waals surface area contributed by atoms with Crippen molar-refractivity contribution < 1.29 is 5.11 Å². The molecule has 3 nitrogen and oxygen atoms in total. The molecule has 0 radical (unpaired) electrons. The molecule has 1 aromatic carbocycles. The van der Waals surface area contributed by atoms with Gasteiger partial charge in [0.2, 0.25) is 0 Å². The Labute approximate surface area is 84.1 Å². The van der Waals surface area contributed by atoms with Crippen LogP contribution in [-0.4, -0.2) is 30.1 Å². The van der Waals surface area contributed by atoms with E-state index in [-0.39, 0.29) is 0 Å². The fourth-order valence-electron chi connectivity index (χ4n) is 2.14. The second kappa shape index (κ2) is 3.59. The maximum atomic E-state index is 9.41. The molecule has 1 unspecified atom stereocenters. The highest BCUT2D eigenvalue weighted by atomic mass is 16.3. The van der Waals surface area contributed by atoms with Crippen molar-refractivity contribution in [2.45, 2.75) is 12.5 Å². The van der Waals surface area contributed by atoms with Gasteiger partial charge in [0.25, 0.3) is 0 Å². The monoisotopic (exact) mass is 192 g/mol. The average Bonchev–Trinajstić information content (AvgIpc) is 2.17. The van der Waals surface area contributed by atoms with Crippen molar-refractivity contribution in [2.75, 3.05) is 20.1 Å². The third kappa shape index (κ3) is 1.61. The fraction of sp³-hybridized carbons (Fsp3) is 0.455. The van der Waals surface area contributed by atoms with Gasteiger partial charge in [0, 0.05) is 25.6 Å². The molecule has 0 amide bonds. The van der Waals surface area contributed by atoms with Gasteiger partial charge in [0.05, 0.1) is 0 Å². The zero-order valence-corrected chi connectivity index (χ0v) is 8.40. The minimum Gasteiger partial charge on any atom is -0.508 e. The Morgan fingerprint density at radius 2 is 2.36 bits per heavy atom. The Kier molecular flexibility index (Phi) is 2.44. The van der Waals surface area contributed by atoms with Gasteiger partial charge in [-0.2, -0.15) is 0 Å². The Hall–Kier alpha value is -1.06. The van der Waals surface area contributed by atoms with E-state index in [4.69, 9.17) is 5.73 Å². The molecule has 76 valence electrons. The molecule has 1 atom stereocenters. The predicted molar refractivity (Wildman–Crippen MR) is 56.2 cm³/mol. The number of phenolic OH excluding ortho intramolecular Hbond substituents is 1. The summed E-state index contributed by atoms with van der Waals surface area (Å²) in [6.45, 7) is 2.57. The molecule has 3 N–H and O–H groups in total. The number of likely N-dealkylation sites (N-methyl/N-ethyl adjacent to an activating group) is 1. The van der Waals surface area contributed by atoms with Gasteiger partial charge in [-0.3, -0.25) is 0 Å². The minimum atomic E-state index is 0.340. The van der Waals surface area contributed by atoms with Crippen LogP contribution in [0.2, 0.25) is 0 Å². The van der Waals surface area contributed by atoms with Crippen LogP contribution in [0.4, 0.5) is 0 Å². The van der Waals surface area contributed by atoms with Crippen LogP contribution < -0.4 is 5.73 Å². The maximum absolute atomic E-state index is 9.41. The molecule has 0 saturated heterocycles. The number of fused-ring (bicyclic) bond motifs is 1. The highest BCUT2D eigenvalue weighted by Crippen LogP contribution is 2.29. The first kappa shape index (κ1) is 9.49. The number of benzene rings is 1. The molecular formula is C11H16N2O. The normalized spacial score (nSPS) is 22.0. The molecule has 0 aromatic heterocycles. The Bertz CT molecular complexity index is 338. The topological polar surface area (TPSA) is 49.5 Å². The van der Waals surface area contributed by atoms with Gasteiger partial charge in [-0.25, -0.2) is 0 Å². The predicted octanol–water partition coefficient (Wildman–Crippen LogP) is 0.880. The third-order valence-corrected chi connectivity index (χ3v) is 2.83. The molecule has 0 spiro atoms. The zero-order chi connectivity index (χ0) is 10.1. The number of nitrogens with zero attached hydrogens (tertiary/aromatic N) is 1. The average molecular weight is 192 g/mol. The van der Waals surface area contributed by atoms with Crippen molar-refractivity contribution in [3.05, 3.63) is 29.3 Å². The van der Waals surface area contributed by atoms with Crippen LogP contribution in [-0.2, 0) is 6.54 Å². The number of hydrogen-bond donors (Lipinski definition) is 2. The van der Waals surface area contributed by atoms with Gasteiger partial charge in [-0.15, -0.1) is 0 Å². The zero-order valence-electron chi connectivity index (χ0n) is 8.40. The van der Waals surface area contributed by atoms with Crippen molar-refractivity contribution >= 4 is 0 Å². The Balaban J connectivity index is 2.41. The first-order chi connectivity index (χ1) is 6.70. The summed E-state index contributed by atoms with van der Waals surface area (Å²) in [7, 11) is 2.10. The van der Waals surface area contributed by atoms with Crippen LogP contribution in [0.3, 0.4) is 0 Å². The highest BCUT2D eigenvalue weighted by molar-refractivity contribution is 5.39. The van der Waals surface area contributed by atoms with Crippen molar-refractivity contribution in [2.24, 2.45) is 5.73 Å². The standard InChI is InChI=1S/C11H16N2O/c1-13-6-8-2-3-10(14)4-11(8)9(5-12)7-13/h2-4,9,14H,5-7,12H2,1H3. The molecule has 1 aliphatic rings. The van der Waals surface area contributed by atoms with Crippen molar-refractivity contribution in [3.8, 4) is 5.75 Å². The molecular weight excluding hydrogens is 176 g/mol. The fourth-order valence-corrected chi connectivity index (χ4v) is 2.14. The van der Waals surface area contributed by atoms with Crippen molar-refractivity contribution in [1.82, 2.24) is 4.90 Å². The summed E-state index contributed by atoms with van der Waals surface area (Å²) < 4.78 is 0. The Morgan fingerprint density at radius 1 is 1.57 bits per heavy atom. The molecule has 1 aliphatic heterocycles. The molecule has 0 bridgehead atoms. The van der Waals surface area contributed by atoms with E-state index < -0.39 is 0 Å². The second-order valence-corrected chi connectivity index (χ2v) is 4.01. The second-order valence-electron chi connectivity index (χ2n) is 4.01. The number of hydrogen-bond acceptors (Lipinski definition) is 3. The van der Waals surface area contributed by atoms with Gasteiger partial charge < -0.3 is 15.7 Å². The molecule has 14 heavy (non-hydrogen) atoms. The van der Waals surface area contributed by atoms with Crippen LogP contribution in [0.5, 0.6) is 5.75 Å². The molecule has 3 heteroatoms. The molecule has 0 saturated carbocycles. The van der Waals surface area contributed by atoms with Gasteiger partial charge in [0.1, 0.15) is 5.75 Å². The third-order valence-electron chi connectivity index (χ3n) is 2.83. The van der Waals surface area contributed by atoms with Crippen LogP contribution in [0.25, 0.3) is 0 Å². The lowest BCUT2D eigenvalue weighted by Gasteiger charge is -2.31. The SMILES string of the molecule is CN1Cc2ccc(O)cc2C(CN)C1. The number of aromatic hydroxyl groups is 1. The van der Waals surface area contributed by atoms with Gasteiger partial charge in [-0.1, -0.05) is 6.07 Å². The lowest BCUT2D eigenvalue weighted by atomic mass is 9.90. The summed E-state index contributed by atoms with van der Waals surface area (Å²) in [5.74, 6) is 0.697. The maximum Gasteiger partial charge on any atom is 0.115 e. The quantitative estimate of drug-likeness (QED) is 0.694. The first-order valence-corrected chi connectivity index (χ1v) is 4.91. The van der Waals surface area contributed by atoms with Crippen LogP contribution in [0.1, 0.15) is 17.0 Å². The molecule has 2 rings (SSSR count). The van der Waals surface area contributed by atoms with E-state index >= 15 is 0 Å². The van der Waals surface area contributed by atoms with E-state index in [9.17, 15) is 5.11 Å². The summed E-state index contributed by atoms with van der Waals surface area (Å²) in [5.41, 5.74) is 8.22. The van der Waals surface area contributed by atoms with Crippen LogP contribution in [0, 0.1) is 0 Å². The molecule has 1 aromatic rings. The minimum absolute atomic E-state index is 0.340. The van der Waals surface area contributed by atoms with E-state index in [2.05, 4.69) is 11.9 Å². The lowest BCUT2D eigenvalue weighted by Crippen LogP contribution is -2.33. The van der Waals surface area contributed by atoms with Gasteiger partial charge in [0.15, 0.2) is 0 Å². The summed E-state index contributed by atoms with van der Waals surface area (Å²) in [6.07, 6.45) is 0. The van der Waals surface area contributed by atoms with E-state index in [1.165, 1.54) is 11.1 Å². The molecule has 0 fully saturated rings. The largest absolute Gasteiger partial charge is 0.508 e. The highest BCUT2D eigenvalue weighted by Gasteiger charge is 2.22. The number of nitrogens with two attached hydrogens (primary N) is 1. The van der Waals surface area contributed by atoms with Crippen LogP contribution >= 0.6 is 0 Å².